The largest absolute Gasteiger partial charge is 0.491 e. The molecule has 1 saturated heterocycles. The lowest BCUT2D eigenvalue weighted by molar-refractivity contribution is 0.0662. The Kier molecular flexibility index (Phi) is 5.89. The third kappa shape index (κ3) is 5.18. The first-order chi connectivity index (χ1) is 12.1. The van der Waals surface area contributed by atoms with Crippen LogP contribution in [0.25, 0.3) is 0 Å². The second-order valence-corrected chi connectivity index (χ2v) is 6.76. The van der Waals surface area contributed by atoms with Crippen molar-refractivity contribution in [2.24, 2.45) is 0 Å². The molecule has 0 unspecified atom stereocenters. The van der Waals surface area contributed by atoms with Gasteiger partial charge < -0.3 is 14.7 Å². The van der Waals surface area contributed by atoms with Gasteiger partial charge in [-0.3, -0.25) is 4.90 Å². The highest BCUT2D eigenvalue weighted by Crippen LogP contribution is 2.17. The molecule has 1 aromatic carbocycles. The second-order valence-electron chi connectivity index (χ2n) is 6.76. The lowest BCUT2D eigenvalue weighted by Crippen LogP contribution is -2.49. The maximum Gasteiger partial charge on any atom is 0.128 e. The minimum absolute atomic E-state index is 0.323. The molecule has 1 aliphatic rings. The Morgan fingerprint density at radius 3 is 2.44 bits per heavy atom. The minimum atomic E-state index is -0.484. The molecule has 1 fully saturated rings. The van der Waals surface area contributed by atoms with Crippen molar-refractivity contribution in [3.63, 3.8) is 0 Å². The number of aliphatic hydroxyl groups excluding tert-OH is 1. The molecule has 134 valence electrons. The number of hydrogen-bond donors (Lipinski definition) is 1. The number of benzene rings is 1. The summed E-state index contributed by atoms with van der Waals surface area (Å²) in [6.07, 6.45) is 1.35. The van der Waals surface area contributed by atoms with Crippen LogP contribution in [0.15, 0.2) is 42.6 Å². The number of rotatable bonds is 6. The summed E-state index contributed by atoms with van der Waals surface area (Å²) in [4.78, 5) is 8.98. The van der Waals surface area contributed by atoms with Crippen molar-refractivity contribution < 1.29 is 9.84 Å². The molecule has 0 aliphatic carbocycles. The van der Waals surface area contributed by atoms with Crippen molar-refractivity contribution in [3.05, 3.63) is 53.7 Å². The molecule has 1 atom stereocenters. The molecule has 5 nitrogen and oxygen atoms in total. The number of nitrogens with zero attached hydrogens (tertiary/aromatic N) is 3. The van der Waals surface area contributed by atoms with Crippen molar-refractivity contribution in [1.29, 1.82) is 0 Å². The van der Waals surface area contributed by atoms with Gasteiger partial charge in [0.1, 0.15) is 24.3 Å². The molecule has 0 bridgehead atoms. The van der Waals surface area contributed by atoms with Gasteiger partial charge in [0, 0.05) is 38.9 Å². The van der Waals surface area contributed by atoms with Crippen molar-refractivity contribution in [2.75, 3.05) is 44.2 Å². The Bertz CT molecular complexity index is 650. The lowest BCUT2D eigenvalue weighted by Gasteiger charge is -2.36. The van der Waals surface area contributed by atoms with E-state index >= 15 is 0 Å². The van der Waals surface area contributed by atoms with Gasteiger partial charge in [-0.1, -0.05) is 12.1 Å². The molecular weight excluding hydrogens is 314 g/mol. The third-order valence-electron chi connectivity index (χ3n) is 4.45. The highest BCUT2D eigenvalue weighted by molar-refractivity contribution is 5.38. The Morgan fingerprint density at radius 2 is 1.80 bits per heavy atom. The van der Waals surface area contributed by atoms with Gasteiger partial charge in [0.15, 0.2) is 0 Å². The van der Waals surface area contributed by atoms with E-state index in [-0.39, 0.29) is 0 Å². The topological polar surface area (TPSA) is 48.8 Å². The van der Waals surface area contributed by atoms with E-state index in [2.05, 4.69) is 34.7 Å². The summed E-state index contributed by atoms with van der Waals surface area (Å²) in [5.74, 6) is 1.86. The molecule has 0 radical (unpaired) electrons. The van der Waals surface area contributed by atoms with E-state index < -0.39 is 6.10 Å². The fraction of sp³-hybridized carbons (Fsp3) is 0.450. The van der Waals surface area contributed by atoms with Gasteiger partial charge in [-0.15, -0.1) is 0 Å². The summed E-state index contributed by atoms with van der Waals surface area (Å²) in [6, 6.07) is 12.1. The van der Waals surface area contributed by atoms with E-state index in [1.165, 1.54) is 11.1 Å². The Balaban J connectivity index is 1.42. The molecule has 0 spiro atoms. The van der Waals surface area contributed by atoms with Crippen LogP contribution in [0.4, 0.5) is 5.82 Å². The van der Waals surface area contributed by atoms with E-state index in [4.69, 9.17) is 4.74 Å². The molecule has 1 aromatic heterocycles. The van der Waals surface area contributed by atoms with Crippen LogP contribution in [-0.2, 0) is 0 Å². The van der Waals surface area contributed by atoms with E-state index in [0.29, 0.717) is 13.2 Å². The second kappa shape index (κ2) is 8.32. The van der Waals surface area contributed by atoms with Crippen molar-refractivity contribution >= 4 is 5.82 Å². The fourth-order valence-corrected chi connectivity index (χ4v) is 3.26. The summed E-state index contributed by atoms with van der Waals surface area (Å²) in [7, 11) is 0. The smallest absolute Gasteiger partial charge is 0.128 e. The number of anilines is 1. The van der Waals surface area contributed by atoms with Crippen LogP contribution in [0, 0.1) is 13.8 Å². The van der Waals surface area contributed by atoms with Gasteiger partial charge in [-0.2, -0.15) is 0 Å². The quantitative estimate of drug-likeness (QED) is 0.873. The molecule has 0 saturated carbocycles. The Hall–Kier alpha value is -2.11. The van der Waals surface area contributed by atoms with Gasteiger partial charge >= 0.3 is 0 Å². The first-order valence-corrected chi connectivity index (χ1v) is 8.87. The van der Waals surface area contributed by atoms with Crippen LogP contribution in [0.3, 0.4) is 0 Å². The molecule has 25 heavy (non-hydrogen) atoms. The highest BCUT2D eigenvalue weighted by atomic mass is 16.5. The Labute approximate surface area is 149 Å². The first-order valence-electron chi connectivity index (χ1n) is 8.87. The number of aryl methyl sites for hydroxylation is 2. The maximum absolute atomic E-state index is 10.3. The van der Waals surface area contributed by atoms with Crippen molar-refractivity contribution in [1.82, 2.24) is 9.88 Å². The summed E-state index contributed by atoms with van der Waals surface area (Å²) >= 11 is 0. The molecule has 2 heterocycles. The van der Waals surface area contributed by atoms with Gasteiger partial charge in [-0.25, -0.2) is 4.98 Å². The van der Waals surface area contributed by atoms with E-state index in [1.54, 1.807) is 0 Å². The fourth-order valence-electron chi connectivity index (χ4n) is 3.26. The molecule has 3 rings (SSSR count). The maximum atomic E-state index is 10.3. The zero-order valence-electron chi connectivity index (χ0n) is 15.1. The number of pyridine rings is 1. The molecule has 0 amide bonds. The van der Waals surface area contributed by atoms with Gasteiger partial charge in [0.25, 0.3) is 0 Å². The number of hydrogen-bond acceptors (Lipinski definition) is 5. The predicted molar refractivity (Wildman–Crippen MR) is 100 cm³/mol. The van der Waals surface area contributed by atoms with Crippen LogP contribution in [0.1, 0.15) is 11.1 Å². The number of aliphatic hydroxyl groups is 1. The van der Waals surface area contributed by atoms with Crippen molar-refractivity contribution in [2.45, 2.75) is 20.0 Å². The van der Waals surface area contributed by atoms with Crippen LogP contribution in [0.2, 0.25) is 0 Å². The number of aromatic nitrogens is 1. The van der Waals surface area contributed by atoms with Gasteiger partial charge in [-0.05, 0) is 49.2 Å². The molecular formula is C20H27N3O2. The normalized spacial score (nSPS) is 16.7. The third-order valence-corrected chi connectivity index (χ3v) is 4.45. The van der Waals surface area contributed by atoms with Gasteiger partial charge in [0.05, 0.1) is 0 Å². The zero-order chi connectivity index (χ0) is 17.6. The average molecular weight is 341 g/mol. The molecule has 1 N–H and O–H groups in total. The summed E-state index contributed by atoms with van der Waals surface area (Å²) < 4.78 is 5.76. The standard InChI is InChI=1S/C20H27N3O2/c1-16-11-17(2)13-19(12-16)25-15-18(24)14-22-7-9-23(10-8-22)20-5-3-4-6-21-20/h3-6,11-13,18,24H,7-10,14-15H2,1-2H3/t18-/m1/s1. The average Bonchev–Trinajstić information content (AvgIpc) is 2.61. The molecule has 1 aliphatic heterocycles. The van der Waals surface area contributed by atoms with E-state index in [1.807, 2.05) is 36.5 Å². The summed E-state index contributed by atoms with van der Waals surface area (Å²) in [5, 5.41) is 10.3. The number of β-amino-alcohol motifs (C(OH)–C–C–N with tert-alkyl or cyclic N) is 1. The molecule has 5 heteroatoms. The van der Waals surface area contributed by atoms with Crippen LogP contribution < -0.4 is 9.64 Å². The van der Waals surface area contributed by atoms with E-state index in [9.17, 15) is 5.11 Å². The lowest BCUT2D eigenvalue weighted by atomic mass is 10.1. The van der Waals surface area contributed by atoms with Crippen molar-refractivity contribution in [3.8, 4) is 5.75 Å². The molecule has 2 aromatic rings. The monoisotopic (exact) mass is 341 g/mol. The van der Waals surface area contributed by atoms with Crippen LogP contribution >= 0.6 is 0 Å². The predicted octanol–water partition coefficient (Wildman–Crippen LogP) is 2.26. The zero-order valence-corrected chi connectivity index (χ0v) is 15.1. The van der Waals surface area contributed by atoms with Crippen LogP contribution in [-0.4, -0.2) is 60.4 Å². The number of piperazine rings is 1. The summed E-state index contributed by atoms with van der Waals surface area (Å²) in [6.45, 7) is 8.79. The Morgan fingerprint density at radius 1 is 1.08 bits per heavy atom. The first kappa shape index (κ1) is 17.7. The SMILES string of the molecule is Cc1cc(C)cc(OC[C@H](O)CN2CCN(c3ccccn3)CC2)c1. The van der Waals surface area contributed by atoms with Crippen LogP contribution in [0.5, 0.6) is 5.75 Å². The highest BCUT2D eigenvalue weighted by Gasteiger charge is 2.20. The summed E-state index contributed by atoms with van der Waals surface area (Å²) in [5.41, 5.74) is 2.35. The van der Waals surface area contributed by atoms with Gasteiger partial charge in [0.2, 0.25) is 0 Å². The number of ether oxygens (including phenoxy) is 1. The van der Waals surface area contributed by atoms with E-state index in [0.717, 1.165) is 37.7 Å². The minimum Gasteiger partial charge on any atom is -0.491 e.